The molecule has 19 heavy (non-hydrogen) atoms. The minimum Gasteiger partial charge on any atom is -0.457 e. The zero-order chi connectivity index (χ0) is 13.9. The van der Waals surface area contributed by atoms with Gasteiger partial charge in [0, 0.05) is 11.5 Å². The average molecular weight is 264 g/mol. The van der Waals surface area contributed by atoms with Crippen LogP contribution >= 0.6 is 0 Å². The summed E-state index contributed by atoms with van der Waals surface area (Å²) in [6, 6.07) is 0. The second kappa shape index (κ2) is 3.92. The van der Waals surface area contributed by atoms with E-state index in [9.17, 15) is 14.7 Å². The normalized spacial score (nSPS) is 49.6. The summed E-state index contributed by atoms with van der Waals surface area (Å²) in [4.78, 5) is 24.2. The molecule has 6 unspecified atom stereocenters. The van der Waals surface area contributed by atoms with Gasteiger partial charge in [0.1, 0.15) is 12.2 Å². The fourth-order valence-electron chi connectivity index (χ4n) is 4.43. The molecule has 1 N–H and O–H groups in total. The number of ketones is 1. The monoisotopic (exact) mass is 264 g/mol. The van der Waals surface area contributed by atoms with E-state index in [1.54, 1.807) is 0 Å². The molecule has 2 aliphatic carbocycles. The predicted octanol–water partition coefficient (Wildman–Crippen LogP) is 1.47. The van der Waals surface area contributed by atoms with E-state index in [-0.39, 0.29) is 23.6 Å². The quantitative estimate of drug-likeness (QED) is 0.531. The Morgan fingerprint density at radius 3 is 2.74 bits per heavy atom. The van der Waals surface area contributed by atoms with E-state index in [1.807, 2.05) is 6.92 Å². The van der Waals surface area contributed by atoms with Crippen LogP contribution in [0, 0.1) is 23.2 Å². The van der Waals surface area contributed by atoms with Crippen molar-refractivity contribution in [1.82, 2.24) is 0 Å². The van der Waals surface area contributed by atoms with Gasteiger partial charge in [-0.05, 0) is 38.0 Å². The molecule has 0 spiro atoms. The van der Waals surface area contributed by atoms with Crippen LogP contribution in [-0.2, 0) is 14.3 Å². The van der Waals surface area contributed by atoms with Gasteiger partial charge in [-0.15, -0.1) is 0 Å². The summed E-state index contributed by atoms with van der Waals surface area (Å²) < 4.78 is 5.47. The largest absolute Gasteiger partial charge is 0.457 e. The van der Waals surface area contributed by atoms with E-state index in [0.29, 0.717) is 17.9 Å². The van der Waals surface area contributed by atoms with Crippen LogP contribution in [0.2, 0.25) is 0 Å². The summed E-state index contributed by atoms with van der Waals surface area (Å²) in [5, 5.41) is 9.94. The van der Waals surface area contributed by atoms with Crippen molar-refractivity contribution in [3.05, 3.63) is 12.2 Å². The van der Waals surface area contributed by atoms with Gasteiger partial charge in [0.2, 0.25) is 0 Å². The van der Waals surface area contributed by atoms with Crippen molar-refractivity contribution in [2.24, 2.45) is 23.2 Å². The van der Waals surface area contributed by atoms with Gasteiger partial charge in [-0.1, -0.05) is 13.5 Å². The number of esters is 1. The van der Waals surface area contributed by atoms with E-state index >= 15 is 0 Å². The molecule has 0 aromatic carbocycles. The van der Waals surface area contributed by atoms with Gasteiger partial charge in [-0.25, -0.2) is 4.79 Å². The van der Waals surface area contributed by atoms with Crippen LogP contribution in [0.15, 0.2) is 12.2 Å². The van der Waals surface area contributed by atoms with Crippen molar-refractivity contribution >= 4 is 11.8 Å². The lowest BCUT2D eigenvalue weighted by Crippen LogP contribution is -2.45. The Bertz CT molecular complexity index is 469. The molecule has 0 radical (unpaired) electrons. The molecule has 0 amide bonds. The van der Waals surface area contributed by atoms with Crippen molar-refractivity contribution in [1.29, 1.82) is 0 Å². The Labute approximate surface area is 112 Å². The molecule has 0 aromatic heterocycles. The highest BCUT2D eigenvalue weighted by atomic mass is 16.6. The number of ether oxygens (including phenoxy) is 1. The Kier molecular flexibility index (Phi) is 2.65. The summed E-state index contributed by atoms with van der Waals surface area (Å²) in [6.45, 7) is 7.81. The van der Waals surface area contributed by atoms with Crippen LogP contribution in [-0.4, -0.2) is 29.1 Å². The number of carbonyl (C=O) groups is 2. The number of rotatable bonds is 0. The number of aliphatic hydroxyl groups excluding tert-OH is 1. The first-order valence-electron chi connectivity index (χ1n) is 6.99. The van der Waals surface area contributed by atoms with Gasteiger partial charge >= 0.3 is 5.97 Å². The third-order valence-electron chi connectivity index (χ3n) is 5.60. The van der Waals surface area contributed by atoms with Gasteiger partial charge in [0.15, 0.2) is 5.78 Å². The zero-order valence-corrected chi connectivity index (χ0v) is 11.4. The average Bonchev–Trinajstić information content (AvgIpc) is 2.74. The van der Waals surface area contributed by atoms with Gasteiger partial charge in [0.25, 0.3) is 0 Å². The molecule has 0 aromatic rings. The highest BCUT2D eigenvalue weighted by Crippen LogP contribution is 2.56. The minimum atomic E-state index is -0.913. The van der Waals surface area contributed by atoms with Crippen molar-refractivity contribution < 1.29 is 19.4 Å². The van der Waals surface area contributed by atoms with Crippen LogP contribution < -0.4 is 0 Å². The summed E-state index contributed by atoms with van der Waals surface area (Å²) in [5.41, 5.74) is -0.261. The SMILES string of the molecule is C=C1C(=O)OC2C1CCC(C)C1CC(O)C(=O)C12C. The van der Waals surface area contributed by atoms with Crippen molar-refractivity contribution in [2.45, 2.75) is 45.3 Å². The van der Waals surface area contributed by atoms with Crippen LogP contribution in [0.5, 0.6) is 0 Å². The number of Topliss-reactive ketones (excluding diaryl/α,β-unsaturated/α-hetero) is 1. The van der Waals surface area contributed by atoms with Crippen molar-refractivity contribution in [3.8, 4) is 0 Å². The molecule has 3 aliphatic rings. The van der Waals surface area contributed by atoms with E-state index in [2.05, 4.69) is 13.5 Å². The molecule has 1 aliphatic heterocycles. The third kappa shape index (κ3) is 1.49. The van der Waals surface area contributed by atoms with Crippen molar-refractivity contribution in [3.63, 3.8) is 0 Å². The fraction of sp³-hybridized carbons (Fsp3) is 0.733. The number of aliphatic hydroxyl groups is 1. The smallest absolute Gasteiger partial charge is 0.334 e. The third-order valence-corrected chi connectivity index (χ3v) is 5.60. The lowest BCUT2D eigenvalue weighted by molar-refractivity contribution is -0.153. The maximum Gasteiger partial charge on any atom is 0.334 e. The van der Waals surface area contributed by atoms with Crippen LogP contribution in [0.3, 0.4) is 0 Å². The molecule has 4 nitrogen and oxygen atoms in total. The molecule has 104 valence electrons. The fourth-order valence-corrected chi connectivity index (χ4v) is 4.43. The van der Waals surface area contributed by atoms with E-state index in [4.69, 9.17) is 4.74 Å². The summed E-state index contributed by atoms with van der Waals surface area (Å²) in [5.74, 6) is -0.173. The lowest BCUT2D eigenvalue weighted by Gasteiger charge is -2.36. The maximum absolute atomic E-state index is 12.4. The van der Waals surface area contributed by atoms with E-state index < -0.39 is 17.6 Å². The maximum atomic E-state index is 12.4. The molecule has 1 heterocycles. The Morgan fingerprint density at radius 2 is 2.05 bits per heavy atom. The molecule has 4 heteroatoms. The van der Waals surface area contributed by atoms with Crippen molar-refractivity contribution in [2.75, 3.05) is 0 Å². The van der Waals surface area contributed by atoms with E-state index in [0.717, 1.165) is 12.8 Å². The van der Waals surface area contributed by atoms with Gasteiger partial charge in [-0.2, -0.15) is 0 Å². The Balaban J connectivity index is 2.08. The molecular formula is C15H20O4. The van der Waals surface area contributed by atoms with Crippen LogP contribution in [0.1, 0.15) is 33.1 Å². The van der Waals surface area contributed by atoms with Gasteiger partial charge in [0.05, 0.1) is 5.41 Å². The van der Waals surface area contributed by atoms with E-state index in [1.165, 1.54) is 0 Å². The Morgan fingerprint density at radius 1 is 1.37 bits per heavy atom. The van der Waals surface area contributed by atoms with Gasteiger partial charge in [-0.3, -0.25) is 4.79 Å². The molecule has 6 atom stereocenters. The molecule has 3 rings (SSSR count). The molecular weight excluding hydrogens is 244 g/mol. The summed E-state index contributed by atoms with van der Waals surface area (Å²) >= 11 is 0. The highest BCUT2D eigenvalue weighted by Gasteiger charge is 2.63. The number of carbonyl (C=O) groups excluding carboxylic acids is 2. The first-order chi connectivity index (χ1) is 8.87. The molecule has 3 fully saturated rings. The summed E-state index contributed by atoms with van der Waals surface area (Å²) in [7, 11) is 0. The second-order valence-corrected chi connectivity index (χ2v) is 6.52. The predicted molar refractivity (Wildman–Crippen MR) is 68.1 cm³/mol. The molecule has 0 bridgehead atoms. The Hall–Kier alpha value is -1.16. The van der Waals surface area contributed by atoms with Crippen LogP contribution in [0.4, 0.5) is 0 Å². The first kappa shape index (κ1) is 12.9. The lowest BCUT2D eigenvalue weighted by atomic mass is 9.68. The zero-order valence-electron chi connectivity index (χ0n) is 11.4. The number of hydrogen-bond donors (Lipinski definition) is 1. The molecule has 1 saturated heterocycles. The topological polar surface area (TPSA) is 63.6 Å². The highest BCUT2D eigenvalue weighted by molar-refractivity contribution is 5.95. The standard InChI is InChI=1S/C15H20O4/c1-7-4-5-9-8(2)14(18)19-13(9)15(3)10(7)6-11(16)12(15)17/h7,9-11,13,16H,2,4-6H2,1,3H3. The van der Waals surface area contributed by atoms with Crippen LogP contribution in [0.25, 0.3) is 0 Å². The number of hydrogen-bond acceptors (Lipinski definition) is 4. The van der Waals surface area contributed by atoms with Gasteiger partial charge < -0.3 is 9.84 Å². The first-order valence-corrected chi connectivity index (χ1v) is 6.99. The second-order valence-electron chi connectivity index (χ2n) is 6.52. The number of fused-ring (bicyclic) bond motifs is 3. The summed E-state index contributed by atoms with van der Waals surface area (Å²) in [6.07, 6.45) is 0.919. The molecule has 2 saturated carbocycles. The minimum absolute atomic E-state index is 0.0702.